The summed E-state index contributed by atoms with van der Waals surface area (Å²) in [6.45, 7) is 3.53. The molecule has 0 aromatic heterocycles. The lowest BCUT2D eigenvalue weighted by atomic mass is 10.1. The summed E-state index contributed by atoms with van der Waals surface area (Å²) in [5, 5.41) is 11.4. The zero-order chi connectivity index (χ0) is 11.4. The summed E-state index contributed by atoms with van der Waals surface area (Å²) in [7, 11) is 0. The van der Waals surface area contributed by atoms with Crippen molar-refractivity contribution in [3.8, 4) is 0 Å². The van der Waals surface area contributed by atoms with Crippen LogP contribution >= 0.6 is 0 Å². The van der Waals surface area contributed by atoms with Crippen LogP contribution in [-0.2, 0) is 4.79 Å². The molecule has 0 radical (unpaired) electrons. The van der Waals surface area contributed by atoms with E-state index >= 15 is 0 Å². The van der Waals surface area contributed by atoms with Crippen LogP contribution in [-0.4, -0.2) is 17.0 Å². The molecule has 2 N–H and O–H groups in total. The van der Waals surface area contributed by atoms with E-state index in [2.05, 4.69) is 5.32 Å². The standard InChI is InChI=1S/C11H13NO3/c1-3-10(13)12-9-5-7(2)4-8(6-9)11(14)15/h4-6H,3H2,1-2H3,(H,12,13)(H,14,15). The molecule has 0 saturated carbocycles. The molecule has 0 bridgehead atoms. The first kappa shape index (κ1) is 11.2. The monoisotopic (exact) mass is 207 g/mol. The maximum atomic E-state index is 11.1. The highest BCUT2D eigenvalue weighted by Gasteiger charge is 2.06. The molecule has 1 amide bonds. The zero-order valence-electron chi connectivity index (χ0n) is 8.70. The number of rotatable bonds is 3. The average Bonchev–Trinajstić information content (AvgIpc) is 2.16. The van der Waals surface area contributed by atoms with E-state index in [1.165, 1.54) is 6.07 Å². The molecule has 0 spiro atoms. The minimum Gasteiger partial charge on any atom is -0.478 e. The Bertz CT molecular complexity index is 399. The van der Waals surface area contributed by atoms with Gasteiger partial charge in [-0.3, -0.25) is 4.79 Å². The van der Waals surface area contributed by atoms with Gasteiger partial charge in [0.1, 0.15) is 0 Å². The largest absolute Gasteiger partial charge is 0.478 e. The highest BCUT2D eigenvalue weighted by atomic mass is 16.4. The van der Waals surface area contributed by atoms with Gasteiger partial charge in [0, 0.05) is 12.1 Å². The van der Waals surface area contributed by atoms with Gasteiger partial charge in [-0.25, -0.2) is 4.79 Å². The van der Waals surface area contributed by atoms with Crippen LogP contribution in [0.15, 0.2) is 18.2 Å². The molecule has 0 fully saturated rings. The summed E-state index contributed by atoms with van der Waals surface area (Å²) in [6, 6.07) is 4.74. The van der Waals surface area contributed by atoms with E-state index in [1.807, 2.05) is 0 Å². The second kappa shape index (κ2) is 4.59. The fraction of sp³-hybridized carbons (Fsp3) is 0.273. The first-order valence-electron chi connectivity index (χ1n) is 4.67. The van der Waals surface area contributed by atoms with Crippen LogP contribution in [0.25, 0.3) is 0 Å². The second-order valence-corrected chi connectivity index (χ2v) is 3.29. The van der Waals surface area contributed by atoms with Crippen molar-refractivity contribution in [2.45, 2.75) is 20.3 Å². The first-order chi connectivity index (χ1) is 7.02. The van der Waals surface area contributed by atoms with Gasteiger partial charge in [-0.15, -0.1) is 0 Å². The Balaban J connectivity index is 2.98. The fourth-order valence-corrected chi connectivity index (χ4v) is 1.23. The van der Waals surface area contributed by atoms with Crippen LogP contribution in [0.3, 0.4) is 0 Å². The van der Waals surface area contributed by atoms with Crippen LogP contribution in [0, 0.1) is 6.92 Å². The molecule has 4 heteroatoms. The lowest BCUT2D eigenvalue weighted by molar-refractivity contribution is -0.115. The van der Waals surface area contributed by atoms with E-state index in [4.69, 9.17) is 5.11 Å². The van der Waals surface area contributed by atoms with Crippen LogP contribution in [0.4, 0.5) is 5.69 Å². The Morgan fingerprint density at radius 3 is 2.53 bits per heavy atom. The summed E-state index contributed by atoms with van der Waals surface area (Å²) in [5.74, 6) is -1.12. The predicted octanol–water partition coefficient (Wildman–Crippen LogP) is 2.04. The summed E-state index contributed by atoms with van der Waals surface area (Å²) in [4.78, 5) is 21.9. The number of carbonyl (C=O) groups excluding carboxylic acids is 1. The number of hydrogen-bond donors (Lipinski definition) is 2. The van der Waals surface area contributed by atoms with Crippen molar-refractivity contribution in [3.05, 3.63) is 29.3 Å². The van der Waals surface area contributed by atoms with Gasteiger partial charge >= 0.3 is 5.97 Å². The predicted molar refractivity (Wildman–Crippen MR) is 57.1 cm³/mol. The molecule has 4 nitrogen and oxygen atoms in total. The molecule has 1 rings (SSSR count). The molecule has 1 aromatic carbocycles. The van der Waals surface area contributed by atoms with Crippen molar-refractivity contribution in [2.24, 2.45) is 0 Å². The highest BCUT2D eigenvalue weighted by molar-refractivity contribution is 5.94. The molecule has 0 atom stereocenters. The van der Waals surface area contributed by atoms with Gasteiger partial charge in [0.2, 0.25) is 5.91 Å². The molecule has 0 heterocycles. The first-order valence-corrected chi connectivity index (χ1v) is 4.67. The summed E-state index contributed by atoms with van der Waals surface area (Å²) in [5.41, 5.74) is 1.52. The lowest BCUT2D eigenvalue weighted by Crippen LogP contribution is -2.10. The number of carbonyl (C=O) groups is 2. The number of amides is 1. The van der Waals surface area contributed by atoms with E-state index in [9.17, 15) is 9.59 Å². The molecular formula is C11H13NO3. The Hall–Kier alpha value is -1.84. The molecule has 80 valence electrons. The van der Waals surface area contributed by atoms with Gasteiger partial charge in [0.15, 0.2) is 0 Å². The van der Waals surface area contributed by atoms with E-state index < -0.39 is 5.97 Å². The minimum absolute atomic E-state index is 0.128. The Morgan fingerprint density at radius 2 is 2.00 bits per heavy atom. The third kappa shape index (κ3) is 3.09. The molecule has 0 aliphatic heterocycles. The number of hydrogen-bond acceptors (Lipinski definition) is 2. The quantitative estimate of drug-likeness (QED) is 0.797. The van der Waals surface area contributed by atoms with Gasteiger partial charge in [0.05, 0.1) is 5.56 Å². The number of carboxylic acids is 1. The summed E-state index contributed by atoms with van der Waals surface area (Å²) < 4.78 is 0. The lowest BCUT2D eigenvalue weighted by Gasteiger charge is -2.06. The van der Waals surface area contributed by atoms with Crippen molar-refractivity contribution in [1.29, 1.82) is 0 Å². The molecule has 15 heavy (non-hydrogen) atoms. The van der Waals surface area contributed by atoms with Gasteiger partial charge in [-0.1, -0.05) is 6.92 Å². The molecule has 0 aliphatic carbocycles. The van der Waals surface area contributed by atoms with Crippen molar-refractivity contribution < 1.29 is 14.7 Å². The normalized spacial score (nSPS) is 9.73. The van der Waals surface area contributed by atoms with Crippen molar-refractivity contribution >= 4 is 17.6 Å². The van der Waals surface area contributed by atoms with E-state index in [0.717, 1.165) is 5.56 Å². The molecule has 0 aliphatic rings. The zero-order valence-corrected chi connectivity index (χ0v) is 8.70. The van der Waals surface area contributed by atoms with Gasteiger partial charge in [-0.2, -0.15) is 0 Å². The Kier molecular flexibility index (Phi) is 3.44. The molecular weight excluding hydrogens is 194 g/mol. The maximum absolute atomic E-state index is 11.1. The van der Waals surface area contributed by atoms with E-state index in [1.54, 1.807) is 26.0 Å². The van der Waals surface area contributed by atoms with Crippen LogP contribution in [0.5, 0.6) is 0 Å². The number of aryl methyl sites for hydroxylation is 1. The molecule has 0 saturated heterocycles. The fourth-order valence-electron chi connectivity index (χ4n) is 1.23. The average molecular weight is 207 g/mol. The van der Waals surface area contributed by atoms with Crippen LogP contribution in [0.2, 0.25) is 0 Å². The topological polar surface area (TPSA) is 66.4 Å². The SMILES string of the molecule is CCC(=O)Nc1cc(C)cc(C(=O)O)c1. The summed E-state index contributed by atoms with van der Waals surface area (Å²) in [6.07, 6.45) is 0.371. The third-order valence-corrected chi connectivity index (χ3v) is 1.93. The van der Waals surface area contributed by atoms with Crippen LogP contribution in [0.1, 0.15) is 29.3 Å². The Morgan fingerprint density at radius 1 is 1.33 bits per heavy atom. The number of carboxylic acid groups (broad SMARTS) is 1. The molecule has 1 aromatic rings. The third-order valence-electron chi connectivity index (χ3n) is 1.93. The van der Waals surface area contributed by atoms with E-state index in [0.29, 0.717) is 12.1 Å². The van der Waals surface area contributed by atoms with Crippen molar-refractivity contribution in [2.75, 3.05) is 5.32 Å². The second-order valence-electron chi connectivity index (χ2n) is 3.29. The summed E-state index contributed by atoms with van der Waals surface area (Å²) >= 11 is 0. The number of benzene rings is 1. The Labute approximate surface area is 87.9 Å². The molecule has 0 unspecified atom stereocenters. The smallest absolute Gasteiger partial charge is 0.335 e. The van der Waals surface area contributed by atoms with Gasteiger partial charge < -0.3 is 10.4 Å². The van der Waals surface area contributed by atoms with Gasteiger partial charge in [0.25, 0.3) is 0 Å². The number of nitrogens with one attached hydrogen (secondary N) is 1. The maximum Gasteiger partial charge on any atom is 0.335 e. The van der Waals surface area contributed by atoms with E-state index in [-0.39, 0.29) is 11.5 Å². The van der Waals surface area contributed by atoms with Crippen LogP contribution < -0.4 is 5.32 Å². The number of aromatic carboxylic acids is 1. The number of anilines is 1. The van der Waals surface area contributed by atoms with Gasteiger partial charge in [-0.05, 0) is 30.7 Å². The van der Waals surface area contributed by atoms with Crippen molar-refractivity contribution in [3.63, 3.8) is 0 Å². The highest BCUT2D eigenvalue weighted by Crippen LogP contribution is 2.14. The minimum atomic E-state index is -0.995. The van der Waals surface area contributed by atoms with Crippen molar-refractivity contribution in [1.82, 2.24) is 0 Å².